The van der Waals surface area contributed by atoms with E-state index in [9.17, 15) is 9.18 Å². The van der Waals surface area contributed by atoms with Crippen molar-refractivity contribution in [3.63, 3.8) is 0 Å². The topological polar surface area (TPSA) is 34.0 Å². The molecule has 0 radical (unpaired) electrons. The first kappa shape index (κ1) is 19.7. The van der Waals surface area contributed by atoms with E-state index in [0.29, 0.717) is 12.3 Å². The third-order valence-corrected chi connectivity index (χ3v) is 6.08. The van der Waals surface area contributed by atoms with E-state index in [-0.39, 0.29) is 11.7 Å². The molecule has 0 bridgehead atoms. The maximum Gasteiger partial charge on any atom is 0.234 e. The van der Waals surface area contributed by atoms with E-state index in [2.05, 4.69) is 44.1 Å². The zero-order valence-corrected chi connectivity index (χ0v) is 17.8. The molecule has 1 aromatic heterocycles. The van der Waals surface area contributed by atoms with Gasteiger partial charge in [-0.25, -0.2) is 4.39 Å². The van der Waals surface area contributed by atoms with Crippen molar-refractivity contribution in [3.8, 4) is 0 Å². The highest BCUT2D eigenvalue weighted by Gasteiger charge is 2.11. The fourth-order valence-corrected chi connectivity index (χ4v) is 4.27. The fourth-order valence-electron chi connectivity index (χ4n) is 3.12. The monoisotopic (exact) mass is 468 g/mol. The van der Waals surface area contributed by atoms with Crippen molar-refractivity contribution in [3.05, 3.63) is 94.8 Å². The standard InChI is InChI=1S/C23H18BrFN2OS/c24-17-7-11-19(12-8-17)26-23(28)15-29-22-14-27(21-4-2-1-3-20(21)22)13-16-5-9-18(25)10-6-16/h1-12,14H,13,15H2,(H,26,28). The van der Waals surface area contributed by atoms with Crippen LogP contribution in [-0.4, -0.2) is 16.2 Å². The molecule has 0 fully saturated rings. The number of hydrogen-bond donors (Lipinski definition) is 1. The lowest BCUT2D eigenvalue weighted by molar-refractivity contribution is -0.113. The third kappa shape index (κ3) is 4.89. The molecular weight excluding hydrogens is 451 g/mol. The molecule has 1 N–H and O–H groups in total. The third-order valence-electron chi connectivity index (χ3n) is 4.50. The van der Waals surface area contributed by atoms with Crippen LogP contribution in [0.5, 0.6) is 0 Å². The van der Waals surface area contributed by atoms with Gasteiger partial charge in [0.05, 0.1) is 5.75 Å². The van der Waals surface area contributed by atoms with Crippen molar-refractivity contribution >= 4 is 50.2 Å². The number of nitrogens with one attached hydrogen (secondary N) is 1. The smallest absolute Gasteiger partial charge is 0.234 e. The minimum Gasteiger partial charge on any atom is -0.342 e. The Labute approximate surface area is 181 Å². The van der Waals surface area contributed by atoms with E-state index in [1.807, 2.05) is 36.4 Å². The van der Waals surface area contributed by atoms with Crippen LogP contribution in [0.2, 0.25) is 0 Å². The van der Waals surface area contributed by atoms with Crippen LogP contribution in [0, 0.1) is 5.82 Å². The maximum atomic E-state index is 13.2. The van der Waals surface area contributed by atoms with Crippen LogP contribution >= 0.6 is 27.7 Å². The van der Waals surface area contributed by atoms with Crippen LogP contribution in [0.3, 0.4) is 0 Å². The van der Waals surface area contributed by atoms with E-state index >= 15 is 0 Å². The van der Waals surface area contributed by atoms with Gasteiger partial charge < -0.3 is 9.88 Å². The number of anilines is 1. The van der Waals surface area contributed by atoms with Gasteiger partial charge in [-0.3, -0.25) is 4.79 Å². The molecule has 146 valence electrons. The summed E-state index contributed by atoms with van der Waals surface area (Å²) in [5, 5.41) is 4.02. The molecule has 3 aromatic carbocycles. The lowest BCUT2D eigenvalue weighted by Crippen LogP contribution is -2.13. The Balaban J connectivity index is 1.49. The normalized spacial score (nSPS) is 11.0. The van der Waals surface area contributed by atoms with Crippen molar-refractivity contribution in [1.82, 2.24) is 4.57 Å². The second-order valence-corrected chi connectivity index (χ2v) is 8.54. The second kappa shape index (κ2) is 8.84. The summed E-state index contributed by atoms with van der Waals surface area (Å²) in [6.45, 7) is 0.645. The molecule has 0 spiro atoms. The Bertz CT molecular complexity index is 1140. The summed E-state index contributed by atoms with van der Waals surface area (Å²) in [5.74, 6) is 0.0347. The minimum absolute atomic E-state index is 0.0484. The van der Waals surface area contributed by atoms with Crippen LogP contribution < -0.4 is 5.32 Å². The van der Waals surface area contributed by atoms with Crippen LogP contribution in [0.1, 0.15) is 5.56 Å². The molecule has 0 aliphatic rings. The highest BCUT2D eigenvalue weighted by Crippen LogP contribution is 2.30. The van der Waals surface area contributed by atoms with Crippen LogP contribution in [0.4, 0.5) is 10.1 Å². The first-order chi connectivity index (χ1) is 14.1. The Morgan fingerprint density at radius 2 is 1.72 bits per heavy atom. The number of rotatable bonds is 6. The molecule has 4 rings (SSSR count). The summed E-state index contributed by atoms with van der Waals surface area (Å²) >= 11 is 4.90. The summed E-state index contributed by atoms with van der Waals surface area (Å²) < 4.78 is 16.3. The molecule has 0 atom stereocenters. The molecule has 0 saturated carbocycles. The van der Waals surface area contributed by atoms with E-state index in [1.54, 1.807) is 12.1 Å². The molecule has 0 saturated heterocycles. The van der Waals surface area contributed by atoms with Crippen molar-refractivity contribution in [2.45, 2.75) is 11.4 Å². The maximum absolute atomic E-state index is 13.2. The van der Waals surface area contributed by atoms with Crippen molar-refractivity contribution in [2.75, 3.05) is 11.1 Å². The summed E-state index contributed by atoms with van der Waals surface area (Å²) in [5.41, 5.74) is 2.89. The zero-order valence-electron chi connectivity index (χ0n) is 15.4. The van der Waals surface area contributed by atoms with Gasteiger partial charge in [0.2, 0.25) is 5.91 Å². The largest absolute Gasteiger partial charge is 0.342 e. The highest BCUT2D eigenvalue weighted by atomic mass is 79.9. The van der Waals surface area contributed by atoms with Gasteiger partial charge in [-0.15, -0.1) is 11.8 Å². The second-order valence-electron chi connectivity index (χ2n) is 6.61. The summed E-state index contributed by atoms with van der Waals surface area (Å²) in [4.78, 5) is 13.4. The Kier molecular flexibility index (Phi) is 6.02. The average molecular weight is 469 g/mol. The molecule has 0 aliphatic carbocycles. The van der Waals surface area contributed by atoms with E-state index < -0.39 is 0 Å². The number of benzene rings is 3. The number of amides is 1. The SMILES string of the molecule is O=C(CSc1cn(Cc2ccc(F)cc2)c2ccccc12)Nc1ccc(Br)cc1. The number of hydrogen-bond acceptors (Lipinski definition) is 2. The number of halogens is 2. The van der Waals surface area contributed by atoms with Gasteiger partial charge in [0.25, 0.3) is 0 Å². The molecule has 0 unspecified atom stereocenters. The number of carbonyl (C=O) groups excluding carboxylic acids is 1. The van der Waals surface area contributed by atoms with Crippen molar-refractivity contribution in [2.24, 2.45) is 0 Å². The Hall–Kier alpha value is -2.57. The quantitative estimate of drug-likeness (QED) is 0.335. The van der Waals surface area contributed by atoms with Gasteiger partial charge in [-0.05, 0) is 48.0 Å². The Morgan fingerprint density at radius 3 is 2.48 bits per heavy atom. The Morgan fingerprint density at radius 1 is 1.00 bits per heavy atom. The van der Waals surface area contributed by atoms with Gasteiger partial charge in [-0.1, -0.05) is 46.3 Å². The molecule has 0 aliphatic heterocycles. The number of nitrogens with zero attached hydrogens (tertiary/aromatic N) is 1. The summed E-state index contributed by atoms with van der Waals surface area (Å²) in [6.07, 6.45) is 2.06. The summed E-state index contributed by atoms with van der Waals surface area (Å²) in [7, 11) is 0. The molecule has 4 aromatic rings. The minimum atomic E-state index is -0.237. The number of carbonyl (C=O) groups is 1. The van der Waals surface area contributed by atoms with Gasteiger partial charge >= 0.3 is 0 Å². The zero-order chi connectivity index (χ0) is 20.2. The average Bonchev–Trinajstić information content (AvgIpc) is 3.08. The number of para-hydroxylation sites is 1. The van der Waals surface area contributed by atoms with Gasteiger partial charge in [0, 0.05) is 38.7 Å². The van der Waals surface area contributed by atoms with Crippen molar-refractivity contribution in [1.29, 1.82) is 0 Å². The molecule has 6 heteroatoms. The first-order valence-electron chi connectivity index (χ1n) is 9.09. The van der Waals surface area contributed by atoms with Gasteiger partial charge in [-0.2, -0.15) is 0 Å². The van der Waals surface area contributed by atoms with E-state index in [1.165, 1.54) is 23.9 Å². The number of fused-ring (bicyclic) bond motifs is 1. The molecular formula is C23H18BrFN2OS. The van der Waals surface area contributed by atoms with E-state index in [0.717, 1.165) is 31.5 Å². The van der Waals surface area contributed by atoms with Gasteiger partial charge in [0.15, 0.2) is 0 Å². The van der Waals surface area contributed by atoms with E-state index in [4.69, 9.17) is 0 Å². The molecule has 1 heterocycles. The lowest BCUT2D eigenvalue weighted by atomic mass is 10.2. The summed E-state index contributed by atoms with van der Waals surface area (Å²) in [6, 6.07) is 22.2. The van der Waals surface area contributed by atoms with Crippen LogP contribution in [-0.2, 0) is 11.3 Å². The van der Waals surface area contributed by atoms with Crippen LogP contribution in [0.25, 0.3) is 10.9 Å². The number of thioether (sulfide) groups is 1. The predicted octanol–water partition coefficient (Wildman–Crippen LogP) is 6.32. The predicted molar refractivity (Wildman–Crippen MR) is 121 cm³/mol. The van der Waals surface area contributed by atoms with Crippen LogP contribution in [0.15, 0.2) is 88.4 Å². The lowest BCUT2D eigenvalue weighted by Gasteiger charge is -2.05. The molecule has 1 amide bonds. The molecule has 29 heavy (non-hydrogen) atoms. The number of aromatic nitrogens is 1. The first-order valence-corrected chi connectivity index (χ1v) is 10.9. The molecule has 3 nitrogen and oxygen atoms in total. The van der Waals surface area contributed by atoms with Crippen molar-refractivity contribution < 1.29 is 9.18 Å². The van der Waals surface area contributed by atoms with Gasteiger partial charge in [0.1, 0.15) is 5.82 Å². The highest BCUT2D eigenvalue weighted by molar-refractivity contribution is 9.10. The fraction of sp³-hybridized carbons (Fsp3) is 0.0870.